The normalized spacial score (nSPS) is 22.9. The molecule has 2 fully saturated rings. The molecule has 2 saturated heterocycles. The number of pyridine rings is 1. The van der Waals surface area contributed by atoms with Gasteiger partial charge in [-0.25, -0.2) is 0 Å². The van der Waals surface area contributed by atoms with Crippen LogP contribution in [0.15, 0.2) is 77.8 Å². The van der Waals surface area contributed by atoms with Crippen LogP contribution in [0.2, 0.25) is 5.02 Å². The molecule has 2 N–H and O–H groups in total. The molecule has 1 aromatic heterocycles. The Morgan fingerprint density at radius 3 is 2.61 bits per heavy atom. The average molecular weight is 540 g/mol. The van der Waals surface area contributed by atoms with Gasteiger partial charge in [-0.1, -0.05) is 54.1 Å². The van der Waals surface area contributed by atoms with E-state index in [-0.39, 0.29) is 35.9 Å². The first-order chi connectivity index (χ1) is 17.4. The van der Waals surface area contributed by atoms with Crippen LogP contribution in [0.3, 0.4) is 0 Å². The molecule has 2 amide bonds. The molecule has 7 nitrogen and oxygen atoms in total. The Hall–Kier alpha value is -3.01. The number of aliphatic carboxylic acids is 1. The highest BCUT2D eigenvalue weighted by Gasteiger charge is 2.58. The first kappa shape index (κ1) is 24.7. The van der Waals surface area contributed by atoms with Crippen LogP contribution < -0.4 is 5.32 Å². The van der Waals surface area contributed by atoms with Crippen LogP contribution in [0.4, 0.5) is 0 Å². The summed E-state index contributed by atoms with van der Waals surface area (Å²) in [7, 11) is 0. The van der Waals surface area contributed by atoms with Gasteiger partial charge in [-0.05, 0) is 29.8 Å². The third-order valence-electron chi connectivity index (χ3n) is 6.16. The summed E-state index contributed by atoms with van der Waals surface area (Å²) in [4.78, 5) is 44.8. The number of hydrogen-bond donors (Lipinski definition) is 2. The fraction of sp³-hybridized carbons (Fsp3) is 0.231. The Labute approximate surface area is 221 Å². The molecule has 5 rings (SSSR count). The highest BCUT2D eigenvalue weighted by atomic mass is 35.5. The number of nitrogens with zero attached hydrogens (tertiary/aromatic N) is 2. The number of fused-ring (bicyclic) bond motifs is 1. The molecule has 184 valence electrons. The lowest BCUT2D eigenvalue weighted by Gasteiger charge is -2.53. The zero-order valence-electron chi connectivity index (χ0n) is 19.0. The molecule has 0 radical (unpaired) electrons. The van der Waals surface area contributed by atoms with Gasteiger partial charge < -0.3 is 15.3 Å². The summed E-state index contributed by atoms with van der Waals surface area (Å²) in [6.45, 7) is 0.0518. The minimum Gasteiger partial charge on any atom is -0.480 e. The van der Waals surface area contributed by atoms with Crippen molar-refractivity contribution < 1.29 is 19.5 Å². The lowest BCUT2D eigenvalue weighted by Crippen LogP contribution is -2.74. The van der Waals surface area contributed by atoms with E-state index in [1.807, 2.05) is 36.4 Å². The molecule has 2 aliphatic heterocycles. The number of halogens is 1. The number of rotatable bonds is 7. The summed E-state index contributed by atoms with van der Waals surface area (Å²) < 4.78 is -1.23. The van der Waals surface area contributed by atoms with Gasteiger partial charge in [0.25, 0.3) is 0 Å². The van der Waals surface area contributed by atoms with Crippen LogP contribution in [0.1, 0.15) is 5.56 Å². The van der Waals surface area contributed by atoms with Crippen molar-refractivity contribution in [3.63, 3.8) is 0 Å². The van der Waals surface area contributed by atoms with Crippen LogP contribution in [0, 0.1) is 0 Å². The lowest BCUT2D eigenvalue weighted by atomic mass is 10.0. The standard InChI is InChI=1S/C26H22ClN3O4S2/c27-18-10-8-16(9-11-18)13-20(31)29-22-23(32)30-14-26(25(33)34,15-35-24(22)30)36-19-7-4-12-28-21(19)17-5-2-1-3-6-17/h1-12,22,24H,13-15H2,(H,29,31)(H,33,34)/t22-,24-,26?/m1/s1. The van der Waals surface area contributed by atoms with Crippen molar-refractivity contribution in [3.8, 4) is 11.3 Å². The van der Waals surface area contributed by atoms with E-state index in [4.69, 9.17) is 11.6 Å². The molecule has 3 heterocycles. The molecule has 0 saturated carbocycles. The summed E-state index contributed by atoms with van der Waals surface area (Å²) in [6, 6.07) is 19.5. The molecule has 3 aromatic rings. The molecule has 0 aliphatic carbocycles. The number of benzene rings is 2. The number of amides is 2. The molecule has 10 heteroatoms. The van der Waals surface area contributed by atoms with Gasteiger partial charge >= 0.3 is 5.97 Å². The van der Waals surface area contributed by atoms with Gasteiger partial charge in [-0.3, -0.25) is 19.4 Å². The van der Waals surface area contributed by atoms with E-state index in [2.05, 4.69) is 10.3 Å². The Balaban J connectivity index is 1.29. The summed E-state index contributed by atoms with van der Waals surface area (Å²) in [5.74, 6) is -1.22. The van der Waals surface area contributed by atoms with Gasteiger partial charge in [0, 0.05) is 34.0 Å². The summed E-state index contributed by atoms with van der Waals surface area (Å²) >= 11 is 8.50. The predicted molar refractivity (Wildman–Crippen MR) is 141 cm³/mol. The largest absolute Gasteiger partial charge is 0.480 e. The van der Waals surface area contributed by atoms with Crippen LogP contribution in [-0.2, 0) is 20.8 Å². The maximum Gasteiger partial charge on any atom is 0.322 e. The number of carboxylic acid groups (broad SMARTS) is 1. The van der Waals surface area contributed by atoms with Crippen molar-refractivity contribution >= 4 is 52.9 Å². The molecule has 0 spiro atoms. The number of hydrogen-bond acceptors (Lipinski definition) is 6. The fourth-order valence-corrected chi connectivity index (χ4v) is 7.38. The van der Waals surface area contributed by atoms with E-state index >= 15 is 0 Å². The maximum atomic E-state index is 12.9. The smallest absolute Gasteiger partial charge is 0.322 e. The van der Waals surface area contributed by atoms with Gasteiger partial charge in [-0.2, -0.15) is 0 Å². The first-order valence-corrected chi connectivity index (χ1v) is 13.5. The zero-order chi connectivity index (χ0) is 25.3. The number of thioether (sulfide) groups is 2. The van der Waals surface area contributed by atoms with Crippen LogP contribution >= 0.6 is 35.1 Å². The number of carboxylic acids is 1. The quantitative estimate of drug-likeness (QED) is 0.438. The van der Waals surface area contributed by atoms with Crippen molar-refractivity contribution in [1.82, 2.24) is 15.2 Å². The SMILES string of the molecule is O=C(Cc1ccc(Cl)cc1)N[C@@H]1C(=O)N2CC(Sc3cccnc3-c3ccccc3)(C(=O)O)CS[C@H]12. The zero-order valence-corrected chi connectivity index (χ0v) is 21.4. The summed E-state index contributed by atoms with van der Waals surface area (Å²) in [6.07, 6.45) is 1.82. The van der Waals surface area contributed by atoms with Gasteiger partial charge in [0.2, 0.25) is 11.8 Å². The van der Waals surface area contributed by atoms with Crippen LogP contribution in [0.5, 0.6) is 0 Å². The second-order valence-electron chi connectivity index (χ2n) is 8.63. The van der Waals surface area contributed by atoms with Crippen molar-refractivity contribution in [2.24, 2.45) is 0 Å². The Morgan fingerprint density at radius 1 is 1.14 bits per heavy atom. The monoisotopic (exact) mass is 539 g/mol. The number of nitrogens with one attached hydrogen (secondary N) is 1. The minimum atomic E-state index is -1.23. The lowest BCUT2D eigenvalue weighted by molar-refractivity contribution is -0.152. The molecule has 36 heavy (non-hydrogen) atoms. The summed E-state index contributed by atoms with van der Waals surface area (Å²) in [5.41, 5.74) is 2.40. The molecule has 1 unspecified atom stereocenters. The van der Waals surface area contributed by atoms with Gasteiger partial charge in [-0.15, -0.1) is 23.5 Å². The highest BCUT2D eigenvalue weighted by Crippen LogP contribution is 2.47. The second kappa shape index (κ2) is 10.2. The topological polar surface area (TPSA) is 99.6 Å². The molecular weight excluding hydrogens is 518 g/mol. The predicted octanol–water partition coefficient (Wildman–Crippen LogP) is 3.96. The van der Waals surface area contributed by atoms with Crippen LogP contribution in [0.25, 0.3) is 11.3 Å². The van der Waals surface area contributed by atoms with E-state index in [1.165, 1.54) is 23.5 Å². The summed E-state index contributed by atoms with van der Waals surface area (Å²) in [5, 5.41) is 13.4. The van der Waals surface area contributed by atoms with Crippen molar-refractivity contribution in [2.75, 3.05) is 12.3 Å². The van der Waals surface area contributed by atoms with E-state index in [9.17, 15) is 19.5 Å². The Morgan fingerprint density at radius 2 is 1.89 bits per heavy atom. The molecular formula is C26H22ClN3O4S2. The number of aromatic nitrogens is 1. The van der Waals surface area contributed by atoms with E-state index in [1.54, 1.807) is 41.4 Å². The molecule has 2 aromatic carbocycles. The van der Waals surface area contributed by atoms with Crippen molar-refractivity contribution in [2.45, 2.75) is 27.5 Å². The third kappa shape index (κ3) is 4.83. The number of carbonyl (C=O) groups is 3. The number of carbonyl (C=O) groups excluding carboxylic acids is 2. The van der Waals surface area contributed by atoms with Gasteiger partial charge in [0.1, 0.15) is 16.2 Å². The Bertz CT molecular complexity index is 1310. The van der Waals surface area contributed by atoms with Crippen molar-refractivity contribution in [1.29, 1.82) is 0 Å². The van der Waals surface area contributed by atoms with E-state index in [0.717, 1.165) is 16.0 Å². The Kier molecular flexibility index (Phi) is 6.96. The van der Waals surface area contributed by atoms with E-state index < -0.39 is 16.8 Å². The maximum absolute atomic E-state index is 12.9. The highest BCUT2D eigenvalue weighted by molar-refractivity contribution is 8.05. The second-order valence-corrected chi connectivity index (χ2v) is 11.6. The van der Waals surface area contributed by atoms with E-state index in [0.29, 0.717) is 10.7 Å². The molecule has 2 aliphatic rings. The minimum absolute atomic E-state index is 0.0518. The molecule has 3 atom stereocenters. The molecule has 0 bridgehead atoms. The fourth-order valence-electron chi connectivity index (χ4n) is 4.29. The van der Waals surface area contributed by atoms with Crippen LogP contribution in [-0.4, -0.2) is 61.2 Å². The number of β-lactam (4-membered cyclic amide) rings is 1. The first-order valence-electron chi connectivity index (χ1n) is 11.2. The average Bonchev–Trinajstić information content (AvgIpc) is 2.89. The van der Waals surface area contributed by atoms with Crippen molar-refractivity contribution in [3.05, 3.63) is 83.5 Å². The third-order valence-corrected chi connectivity index (χ3v) is 9.51. The van der Waals surface area contributed by atoms with Gasteiger partial charge in [0.15, 0.2) is 0 Å². The van der Waals surface area contributed by atoms with Gasteiger partial charge in [0.05, 0.1) is 12.1 Å².